The van der Waals surface area contributed by atoms with Gasteiger partial charge in [0.15, 0.2) is 0 Å². The number of thiophene rings is 1. The Kier molecular flexibility index (Phi) is 4.24. The van der Waals surface area contributed by atoms with Crippen LogP contribution < -0.4 is 5.56 Å². The van der Waals surface area contributed by atoms with Gasteiger partial charge in [0.05, 0.1) is 11.1 Å². The molecule has 0 amide bonds. The summed E-state index contributed by atoms with van der Waals surface area (Å²) in [6.07, 6.45) is 3.03. The summed E-state index contributed by atoms with van der Waals surface area (Å²) in [6.45, 7) is 0. The first kappa shape index (κ1) is 16.7. The molecular formula is C20H12N4O2S. The van der Waals surface area contributed by atoms with E-state index >= 15 is 0 Å². The Labute approximate surface area is 157 Å². The lowest BCUT2D eigenvalue weighted by Crippen LogP contribution is -2.20. The lowest BCUT2D eigenvalue weighted by molar-refractivity contribution is 0.435. The van der Waals surface area contributed by atoms with Gasteiger partial charge < -0.3 is 5.11 Å². The maximum atomic E-state index is 12.9. The van der Waals surface area contributed by atoms with Crippen molar-refractivity contribution in [3.05, 3.63) is 81.6 Å². The van der Waals surface area contributed by atoms with Gasteiger partial charge in [-0.25, -0.2) is 14.5 Å². The summed E-state index contributed by atoms with van der Waals surface area (Å²) in [5, 5.41) is 23.3. The van der Waals surface area contributed by atoms with Crippen LogP contribution >= 0.6 is 11.3 Å². The lowest BCUT2D eigenvalue weighted by atomic mass is 10.1. The molecule has 1 aromatic carbocycles. The van der Waals surface area contributed by atoms with Crippen LogP contribution in [0.4, 0.5) is 5.00 Å². The molecule has 3 aromatic heterocycles. The molecule has 0 spiro atoms. The number of aliphatic imine (C=N–C) groups is 1. The minimum atomic E-state index is -0.368. The van der Waals surface area contributed by atoms with Crippen LogP contribution in [-0.2, 0) is 0 Å². The Balaban J connectivity index is 2.00. The van der Waals surface area contributed by atoms with Crippen molar-refractivity contribution >= 4 is 33.3 Å². The SMILES string of the molecule is N#Cc1ccsc1/N=C/c1c(O)n(-c2ccccn2)c(=O)c2ccccc12. The summed E-state index contributed by atoms with van der Waals surface area (Å²) in [6, 6.07) is 15.9. The van der Waals surface area contributed by atoms with Crippen LogP contribution in [0.1, 0.15) is 11.1 Å². The normalized spacial score (nSPS) is 11.1. The van der Waals surface area contributed by atoms with Gasteiger partial charge in [0.2, 0.25) is 5.88 Å². The second kappa shape index (κ2) is 6.86. The summed E-state index contributed by atoms with van der Waals surface area (Å²) >= 11 is 1.33. The summed E-state index contributed by atoms with van der Waals surface area (Å²) in [5.41, 5.74) is 0.471. The number of hydrogen-bond donors (Lipinski definition) is 1. The molecule has 1 N–H and O–H groups in total. The maximum absolute atomic E-state index is 12.9. The highest BCUT2D eigenvalue weighted by molar-refractivity contribution is 7.14. The maximum Gasteiger partial charge on any atom is 0.267 e. The molecule has 0 unspecified atom stereocenters. The van der Waals surface area contributed by atoms with Gasteiger partial charge in [0.1, 0.15) is 16.9 Å². The highest BCUT2D eigenvalue weighted by Crippen LogP contribution is 2.29. The van der Waals surface area contributed by atoms with E-state index in [-0.39, 0.29) is 11.4 Å². The first-order valence-corrected chi connectivity index (χ1v) is 8.88. The van der Waals surface area contributed by atoms with Crippen molar-refractivity contribution in [1.29, 1.82) is 5.26 Å². The van der Waals surface area contributed by atoms with Crippen LogP contribution in [0, 0.1) is 11.3 Å². The van der Waals surface area contributed by atoms with Crippen molar-refractivity contribution in [2.75, 3.05) is 0 Å². The molecule has 0 aliphatic carbocycles. The van der Waals surface area contributed by atoms with E-state index in [1.807, 2.05) is 0 Å². The standard InChI is InChI=1S/C20H12N4O2S/c21-11-13-8-10-27-18(13)23-12-16-14-5-1-2-6-15(14)19(25)24(20(16)26)17-7-3-4-9-22-17/h1-10,12,26H/b23-12+. The Hall–Kier alpha value is -3.76. The van der Waals surface area contributed by atoms with Crippen molar-refractivity contribution in [1.82, 2.24) is 9.55 Å². The van der Waals surface area contributed by atoms with Gasteiger partial charge in [-0.3, -0.25) is 4.79 Å². The minimum Gasteiger partial charge on any atom is -0.494 e. The minimum absolute atomic E-state index is 0.254. The van der Waals surface area contributed by atoms with Crippen LogP contribution in [0.3, 0.4) is 0 Å². The first-order valence-electron chi connectivity index (χ1n) is 8.00. The molecule has 6 nitrogen and oxygen atoms in total. The zero-order chi connectivity index (χ0) is 18.8. The molecule has 0 saturated heterocycles. The van der Waals surface area contributed by atoms with Gasteiger partial charge in [0.25, 0.3) is 5.56 Å². The van der Waals surface area contributed by atoms with Crippen LogP contribution in [-0.4, -0.2) is 20.9 Å². The number of nitriles is 1. The van der Waals surface area contributed by atoms with Crippen molar-refractivity contribution in [3.8, 4) is 17.8 Å². The van der Waals surface area contributed by atoms with E-state index in [0.717, 1.165) is 4.57 Å². The average Bonchev–Trinajstić information content (AvgIpc) is 3.16. The molecule has 0 fully saturated rings. The molecule has 3 heterocycles. The molecular weight excluding hydrogens is 360 g/mol. The summed E-state index contributed by atoms with van der Waals surface area (Å²) in [7, 11) is 0. The molecule has 7 heteroatoms. The Bertz CT molecular complexity index is 1270. The molecule has 0 bridgehead atoms. The van der Waals surface area contributed by atoms with E-state index in [4.69, 9.17) is 5.26 Å². The van der Waals surface area contributed by atoms with E-state index in [9.17, 15) is 9.90 Å². The summed E-state index contributed by atoms with van der Waals surface area (Å²) < 4.78 is 1.16. The molecule has 27 heavy (non-hydrogen) atoms. The zero-order valence-electron chi connectivity index (χ0n) is 13.9. The number of hydrogen-bond acceptors (Lipinski definition) is 6. The van der Waals surface area contributed by atoms with E-state index in [2.05, 4.69) is 16.0 Å². The van der Waals surface area contributed by atoms with Crippen LogP contribution in [0.15, 0.2) is 69.9 Å². The Morgan fingerprint density at radius 1 is 1.15 bits per heavy atom. The molecule has 0 aliphatic rings. The van der Waals surface area contributed by atoms with Gasteiger partial charge in [-0.1, -0.05) is 24.3 Å². The second-order valence-corrected chi connectivity index (χ2v) is 6.52. The number of rotatable bonds is 3. The number of benzene rings is 1. The fourth-order valence-corrected chi connectivity index (χ4v) is 3.48. The van der Waals surface area contributed by atoms with E-state index in [1.165, 1.54) is 17.6 Å². The number of aromatic nitrogens is 2. The Morgan fingerprint density at radius 2 is 1.93 bits per heavy atom. The highest BCUT2D eigenvalue weighted by atomic mass is 32.1. The zero-order valence-corrected chi connectivity index (χ0v) is 14.7. The molecule has 0 radical (unpaired) electrons. The van der Waals surface area contributed by atoms with Crippen molar-refractivity contribution < 1.29 is 5.11 Å². The second-order valence-electron chi connectivity index (χ2n) is 5.62. The molecule has 4 rings (SSSR count). The van der Waals surface area contributed by atoms with E-state index < -0.39 is 0 Å². The molecule has 0 aliphatic heterocycles. The predicted octanol–water partition coefficient (Wildman–Crippen LogP) is 3.78. The van der Waals surface area contributed by atoms with Crippen LogP contribution in [0.2, 0.25) is 0 Å². The number of aromatic hydroxyl groups is 1. The largest absolute Gasteiger partial charge is 0.494 e. The van der Waals surface area contributed by atoms with E-state index in [1.54, 1.807) is 60.1 Å². The smallest absolute Gasteiger partial charge is 0.267 e. The highest BCUT2D eigenvalue weighted by Gasteiger charge is 2.16. The average molecular weight is 372 g/mol. The number of pyridine rings is 2. The van der Waals surface area contributed by atoms with Gasteiger partial charge in [0, 0.05) is 23.2 Å². The van der Waals surface area contributed by atoms with Crippen LogP contribution in [0.5, 0.6) is 5.88 Å². The third-order valence-electron chi connectivity index (χ3n) is 4.06. The van der Waals surface area contributed by atoms with Gasteiger partial charge in [-0.15, -0.1) is 11.3 Å². The Morgan fingerprint density at radius 3 is 2.67 bits per heavy atom. The molecule has 4 aromatic rings. The van der Waals surface area contributed by atoms with E-state index in [0.29, 0.717) is 32.7 Å². The predicted molar refractivity (Wildman–Crippen MR) is 105 cm³/mol. The monoisotopic (exact) mass is 372 g/mol. The van der Waals surface area contributed by atoms with Gasteiger partial charge in [-0.2, -0.15) is 5.26 Å². The quantitative estimate of drug-likeness (QED) is 0.554. The van der Waals surface area contributed by atoms with Crippen molar-refractivity contribution in [2.45, 2.75) is 0 Å². The fraction of sp³-hybridized carbons (Fsp3) is 0. The van der Waals surface area contributed by atoms with Crippen molar-refractivity contribution in [2.24, 2.45) is 4.99 Å². The molecule has 0 saturated carbocycles. The number of nitrogens with zero attached hydrogens (tertiary/aromatic N) is 4. The third kappa shape index (κ3) is 2.88. The molecule has 0 atom stereocenters. The summed E-state index contributed by atoms with van der Waals surface area (Å²) in [5.74, 6) is 0.0606. The third-order valence-corrected chi connectivity index (χ3v) is 4.88. The van der Waals surface area contributed by atoms with Crippen molar-refractivity contribution in [3.63, 3.8) is 0 Å². The van der Waals surface area contributed by atoms with Gasteiger partial charge >= 0.3 is 0 Å². The molecule has 130 valence electrons. The van der Waals surface area contributed by atoms with Crippen LogP contribution in [0.25, 0.3) is 16.6 Å². The summed E-state index contributed by atoms with van der Waals surface area (Å²) in [4.78, 5) is 21.4. The topological polar surface area (TPSA) is 91.3 Å². The lowest BCUT2D eigenvalue weighted by Gasteiger charge is -2.12. The number of fused-ring (bicyclic) bond motifs is 1. The fourth-order valence-electron chi connectivity index (χ4n) is 2.80. The first-order chi connectivity index (χ1) is 13.2. The van der Waals surface area contributed by atoms with Gasteiger partial charge in [-0.05, 0) is 29.6 Å².